The minimum absolute atomic E-state index is 0. The van der Waals surface area contributed by atoms with Gasteiger partial charge in [0.05, 0.1) is 0 Å². The smallest absolute Gasteiger partial charge is 0.822 e. The van der Waals surface area contributed by atoms with Crippen molar-refractivity contribution in [3.63, 3.8) is 0 Å². The Kier molecular flexibility index (Phi) is 42.6. The molecule has 0 saturated carbocycles. The van der Waals surface area contributed by atoms with E-state index in [2.05, 4.69) is 0 Å². The van der Waals surface area contributed by atoms with Crippen LogP contribution in [0.3, 0.4) is 0 Å². The molecule has 0 atom stereocenters. The standard InChI is InChI=1S/Fe.Li.Mn.H3O4P.H2O/c;;;1-5(2,3)4;/h;;;(H3,1,2,3,4);1H2/q+2;+1;+2;;/p-3. The Balaban J connectivity index is -0.0000000133. The normalized spacial score (nSPS) is 6.56. The van der Waals surface area contributed by atoms with E-state index in [0.717, 1.165) is 0 Å². The van der Waals surface area contributed by atoms with Crippen molar-refractivity contribution in [3.05, 3.63) is 0 Å². The molecule has 0 fully saturated rings. The predicted octanol–water partition coefficient (Wildman–Crippen LogP) is -6.65. The van der Waals surface area contributed by atoms with Crippen LogP contribution in [0, 0.1) is 0 Å². The second kappa shape index (κ2) is 12.4. The Morgan fingerprint density at radius 1 is 1.11 bits per heavy atom. The number of phosphoric acid groups is 1. The Labute approximate surface area is 85.3 Å². The van der Waals surface area contributed by atoms with Crippen molar-refractivity contribution in [3.8, 4) is 0 Å². The Bertz CT molecular complexity index is 63.1. The van der Waals surface area contributed by atoms with E-state index in [4.69, 9.17) is 19.2 Å². The maximum Gasteiger partial charge on any atom is 2.00 e. The predicted molar refractivity (Wildman–Crippen MR) is 11.2 cm³/mol. The van der Waals surface area contributed by atoms with Crippen molar-refractivity contribution in [2.24, 2.45) is 0 Å². The first-order valence-electron chi connectivity index (χ1n) is 0.730. The fourth-order valence-corrected chi connectivity index (χ4v) is 0. The van der Waals surface area contributed by atoms with E-state index in [-0.39, 0.29) is 58.5 Å². The van der Waals surface area contributed by atoms with Crippen LogP contribution >= 0.6 is 7.82 Å². The second-order valence-corrected chi connectivity index (χ2v) is 1.34. The van der Waals surface area contributed by atoms with Gasteiger partial charge < -0.3 is 24.7 Å². The van der Waals surface area contributed by atoms with Gasteiger partial charge in [-0.05, 0) is 0 Å². The van der Waals surface area contributed by atoms with Crippen LogP contribution in [0.2, 0.25) is 0 Å². The molecule has 9 heavy (non-hydrogen) atoms. The summed E-state index contributed by atoms with van der Waals surface area (Å²) in [5, 5.41) is 0. The first kappa shape index (κ1) is 31.0. The molecule has 0 spiro atoms. The van der Waals surface area contributed by atoms with Gasteiger partial charge in [0, 0.05) is 0 Å². The second-order valence-electron chi connectivity index (χ2n) is 0.447. The van der Waals surface area contributed by atoms with Crippen LogP contribution in [-0.2, 0) is 38.7 Å². The molecular formula is H2FeLiMnO5P+2. The third-order valence-electron chi connectivity index (χ3n) is 0. The quantitative estimate of drug-likeness (QED) is 0.304. The summed E-state index contributed by atoms with van der Waals surface area (Å²) >= 11 is 0. The van der Waals surface area contributed by atoms with E-state index < -0.39 is 7.82 Å². The van der Waals surface area contributed by atoms with Gasteiger partial charge in [0.25, 0.3) is 0 Å². The first-order valence-corrected chi connectivity index (χ1v) is 2.19. The SMILES string of the molecule is O.O=P([O-])([O-])[O-].[Fe+2].[Li+].[Mn+2]. The summed E-state index contributed by atoms with van der Waals surface area (Å²) in [6, 6.07) is 0. The molecule has 0 aliphatic rings. The zero-order valence-electron chi connectivity index (χ0n) is 4.31. The molecule has 0 aliphatic carbocycles. The maximum absolute atomic E-state index is 8.55. The summed E-state index contributed by atoms with van der Waals surface area (Å²) in [5.41, 5.74) is 0. The molecule has 0 heterocycles. The van der Waals surface area contributed by atoms with Crippen molar-refractivity contribution < 1.29 is 77.7 Å². The molecule has 1 radical (unpaired) electrons. The summed E-state index contributed by atoms with van der Waals surface area (Å²) in [5.74, 6) is 0. The molecule has 0 aromatic heterocycles. The fourth-order valence-electron chi connectivity index (χ4n) is 0. The molecule has 0 amide bonds. The van der Waals surface area contributed by atoms with Crippen LogP contribution in [0.15, 0.2) is 0 Å². The van der Waals surface area contributed by atoms with Crippen molar-refractivity contribution in [1.82, 2.24) is 0 Å². The van der Waals surface area contributed by atoms with Crippen LogP contribution in [0.4, 0.5) is 0 Å². The number of hydrogen-bond acceptors (Lipinski definition) is 4. The van der Waals surface area contributed by atoms with Crippen molar-refractivity contribution in [1.29, 1.82) is 0 Å². The van der Waals surface area contributed by atoms with E-state index in [1.165, 1.54) is 0 Å². The van der Waals surface area contributed by atoms with Crippen LogP contribution < -0.4 is 33.5 Å². The minimum atomic E-state index is -5.39. The molecule has 51 valence electrons. The Morgan fingerprint density at radius 2 is 1.11 bits per heavy atom. The number of rotatable bonds is 0. The topological polar surface area (TPSA) is 118 Å². The largest absolute Gasteiger partial charge is 2.00 e. The van der Waals surface area contributed by atoms with Gasteiger partial charge in [-0.3, -0.25) is 0 Å². The van der Waals surface area contributed by atoms with E-state index in [0.29, 0.717) is 0 Å². The maximum atomic E-state index is 8.55. The van der Waals surface area contributed by atoms with Crippen molar-refractivity contribution in [2.45, 2.75) is 0 Å². The molecule has 0 aromatic carbocycles. The average molecular weight is 231 g/mol. The minimum Gasteiger partial charge on any atom is -0.822 e. The molecule has 0 unspecified atom stereocenters. The van der Waals surface area contributed by atoms with Crippen LogP contribution in [0.1, 0.15) is 0 Å². The summed E-state index contributed by atoms with van der Waals surface area (Å²) in [6.45, 7) is 0. The zero-order chi connectivity index (χ0) is 4.50. The fraction of sp³-hybridized carbons (Fsp3) is 0. The summed E-state index contributed by atoms with van der Waals surface area (Å²) in [7, 11) is -5.39. The van der Waals surface area contributed by atoms with Crippen LogP contribution in [0.5, 0.6) is 0 Å². The Morgan fingerprint density at radius 3 is 1.11 bits per heavy atom. The monoisotopic (exact) mass is 231 g/mol. The third kappa shape index (κ3) is 198. The summed E-state index contributed by atoms with van der Waals surface area (Å²) in [6.07, 6.45) is 0. The van der Waals surface area contributed by atoms with Crippen LogP contribution in [0.25, 0.3) is 0 Å². The van der Waals surface area contributed by atoms with E-state index >= 15 is 0 Å². The molecule has 9 heteroatoms. The van der Waals surface area contributed by atoms with Gasteiger partial charge in [-0.25, -0.2) is 0 Å². The number of hydrogen-bond donors (Lipinski definition) is 0. The van der Waals surface area contributed by atoms with E-state index in [1.54, 1.807) is 0 Å². The van der Waals surface area contributed by atoms with Gasteiger partial charge in [-0.2, -0.15) is 7.82 Å². The van der Waals surface area contributed by atoms with Gasteiger partial charge in [0.15, 0.2) is 0 Å². The molecular weight excluding hydrogens is 229 g/mol. The third-order valence-corrected chi connectivity index (χ3v) is 0. The van der Waals surface area contributed by atoms with E-state index in [9.17, 15) is 0 Å². The van der Waals surface area contributed by atoms with Gasteiger partial charge in [-0.1, -0.05) is 0 Å². The van der Waals surface area contributed by atoms with Gasteiger partial charge >= 0.3 is 53.0 Å². The van der Waals surface area contributed by atoms with Crippen molar-refractivity contribution >= 4 is 7.82 Å². The molecule has 2 N–H and O–H groups in total. The summed E-state index contributed by atoms with van der Waals surface area (Å²) in [4.78, 5) is 25.6. The molecule has 0 aromatic rings. The molecule has 5 nitrogen and oxygen atoms in total. The molecule has 0 aliphatic heterocycles. The molecule has 0 rings (SSSR count). The zero-order valence-corrected chi connectivity index (χ0v) is 7.49. The summed E-state index contributed by atoms with van der Waals surface area (Å²) < 4.78 is 8.55. The molecule has 0 saturated heterocycles. The molecule has 0 bridgehead atoms. The Hall–Kier alpha value is 1.71. The average Bonchev–Trinajstić information content (AvgIpc) is 0.722. The first-order chi connectivity index (χ1) is 2.00. The van der Waals surface area contributed by atoms with Gasteiger partial charge in [0.1, 0.15) is 0 Å². The van der Waals surface area contributed by atoms with E-state index in [1.807, 2.05) is 0 Å². The van der Waals surface area contributed by atoms with Crippen LogP contribution in [-0.4, -0.2) is 5.48 Å². The van der Waals surface area contributed by atoms with Crippen molar-refractivity contribution in [2.75, 3.05) is 0 Å². The van der Waals surface area contributed by atoms with Gasteiger partial charge in [0.2, 0.25) is 0 Å². The van der Waals surface area contributed by atoms with Gasteiger partial charge in [-0.15, -0.1) is 0 Å².